The summed E-state index contributed by atoms with van der Waals surface area (Å²) in [5, 5.41) is 18.8. The highest BCUT2D eigenvalue weighted by Gasteiger charge is 2.31. The summed E-state index contributed by atoms with van der Waals surface area (Å²) in [5.74, 6) is -0.340. The normalized spacial score (nSPS) is 17.1. The zero-order valence-corrected chi connectivity index (χ0v) is 18.1. The zero-order chi connectivity index (χ0) is 22.1. The van der Waals surface area contributed by atoms with Crippen LogP contribution in [-0.2, 0) is 0 Å². The Labute approximate surface area is 183 Å². The van der Waals surface area contributed by atoms with E-state index in [0.29, 0.717) is 41.6 Å². The van der Waals surface area contributed by atoms with Crippen molar-refractivity contribution >= 4 is 11.9 Å². The molecule has 0 atom stereocenters. The molecule has 1 N–H and O–H groups in total. The number of aromatic carboxylic acids is 1. The fourth-order valence-electron chi connectivity index (χ4n) is 4.97. The van der Waals surface area contributed by atoms with Gasteiger partial charge in [-0.05, 0) is 91.8 Å². The number of hydrogen-bond acceptors (Lipinski definition) is 3. The Morgan fingerprint density at radius 2 is 1.61 bits per heavy atom. The Morgan fingerprint density at radius 3 is 2.13 bits per heavy atom. The van der Waals surface area contributed by atoms with Gasteiger partial charge in [0.1, 0.15) is 0 Å². The predicted molar refractivity (Wildman–Crippen MR) is 119 cm³/mol. The molecule has 0 unspecified atom stereocenters. The molecule has 1 aliphatic heterocycles. The second-order valence-corrected chi connectivity index (χ2v) is 8.87. The van der Waals surface area contributed by atoms with E-state index in [4.69, 9.17) is 5.26 Å². The van der Waals surface area contributed by atoms with Crippen molar-refractivity contribution in [3.63, 3.8) is 0 Å². The van der Waals surface area contributed by atoms with Crippen LogP contribution in [0.3, 0.4) is 0 Å². The highest BCUT2D eigenvalue weighted by molar-refractivity contribution is 6.00. The Kier molecular flexibility index (Phi) is 5.82. The van der Waals surface area contributed by atoms with E-state index < -0.39 is 5.97 Å². The fourth-order valence-corrected chi connectivity index (χ4v) is 4.97. The van der Waals surface area contributed by atoms with E-state index in [-0.39, 0.29) is 5.91 Å². The van der Waals surface area contributed by atoms with Gasteiger partial charge in [0.05, 0.1) is 17.2 Å². The van der Waals surface area contributed by atoms with E-state index in [1.54, 1.807) is 6.07 Å². The Balaban J connectivity index is 1.53. The SMILES string of the molecule is Cc1c(C(=O)N2CCC(c3ccc(C#N)cc3)CC2)cc(C(=O)O)c(C2CCC2)c1C. The molecule has 1 amide bonds. The number of hydrogen-bond donors (Lipinski definition) is 1. The summed E-state index contributed by atoms with van der Waals surface area (Å²) >= 11 is 0. The third kappa shape index (κ3) is 3.95. The van der Waals surface area contributed by atoms with Crippen LogP contribution in [0, 0.1) is 25.2 Å². The standard InChI is InChI=1S/C26H28N2O3/c1-16-17(2)24(21-4-3-5-21)23(26(30)31)14-22(16)25(29)28-12-10-20(11-13-28)19-8-6-18(15-27)7-9-19/h6-9,14,20-21H,3-5,10-13H2,1-2H3,(H,30,31). The van der Waals surface area contributed by atoms with Crippen molar-refractivity contribution in [1.29, 1.82) is 5.26 Å². The maximum Gasteiger partial charge on any atom is 0.336 e. The fraction of sp³-hybridized carbons (Fsp3) is 0.423. The van der Waals surface area contributed by atoms with Crippen molar-refractivity contribution in [3.8, 4) is 6.07 Å². The third-order valence-corrected chi connectivity index (χ3v) is 7.22. The summed E-state index contributed by atoms with van der Waals surface area (Å²) in [6.45, 7) is 5.20. The molecule has 4 rings (SSSR count). The average molecular weight is 417 g/mol. The number of carboxylic acids is 1. The number of nitrogens with zero attached hydrogens (tertiary/aromatic N) is 2. The Bertz CT molecular complexity index is 1050. The molecule has 1 saturated heterocycles. The van der Waals surface area contributed by atoms with Crippen molar-refractivity contribution in [3.05, 3.63) is 69.3 Å². The second kappa shape index (κ2) is 8.55. The minimum Gasteiger partial charge on any atom is -0.478 e. The first-order valence-electron chi connectivity index (χ1n) is 11.1. The molecule has 0 spiro atoms. The van der Waals surface area contributed by atoms with Crippen LogP contribution in [0.4, 0.5) is 0 Å². The van der Waals surface area contributed by atoms with E-state index in [1.165, 1.54) is 5.56 Å². The van der Waals surface area contributed by atoms with Crippen molar-refractivity contribution < 1.29 is 14.7 Å². The number of nitriles is 1. The van der Waals surface area contributed by atoms with Crippen LogP contribution in [0.1, 0.15) is 92.5 Å². The number of carbonyl (C=O) groups is 2. The predicted octanol–water partition coefficient (Wildman–Crippen LogP) is 5.16. The Hall–Kier alpha value is -3.13. The number of carbonyl (C=O) groups excluding carboxylic acids is 1. The highest BCUT2D eigenvalue weighted by Crippen LogP contribution is 2.41. The largest absolute Gasteiger partial charge is 0.478 e. The van der Waals surface area contributed by atoms with Crippen LogP contribution in [0.15, 0.2) is 30.3 Å². The summed E-state index contributed by atoms with van der Waals surface area (Å²) < 4.78 is 0. The number of amides is 1. The maximum atomic E-state index is 13.3. The van der Waals surface area contributed by atoms with Crippen molar-refractivity contribution in [2.24, 2.45) is 0 Å². The van der Waals surface area contributed by atoms with Crippen LogP contribution in [-0.4, -0.2) is 35.0 Å². The van der Waals surface area contributed by atoms with Gasteiger partial charge in [-0.2, -0.15) is 5.26 Å². The van der Waals surface area contributed by atoms with Gasteiger partial charge in [-0.3, -0.25) is 4.79 Å². The maximum absolute atomic E-state index is 13.3. The lowest BCUT2D eigenvalue weighted by molar-refractivity contribution is 0.0694. The van der Waals surface area contributed by atoms with Crippen LogP contribution in [0.2, 0.25) is 0 Å². The lowest BCUT2D eigenvalue weighted by atomic mass is 9.74. The highest BCUT2D eigenvalue weighted by atomic mass is 16.4. The number of rotatable bonds is 4. The molecule has 5 heteroatoms. The second-order valence-electron chi connectivity index (χ2n) is 8.87. The van der Waals surface area contributed by atoms with Crippen molar-refractivity contribution in [1.82, 2.24) is 4.90 Å². The van der Waals surface area contributed by atoms with Crippen LogP contribution in [0.5, 0.6) is 0 Å². The van der Waals surface area contributed by atoms with Crippen LogP contribution in [0.25, 0.3) is 0 Å². The van der Waals surface area contributed by atoms with Gasteiger partial charge < -0.3 is 10.0 Å². The molecular weight excluding hydrogens is 388 g/mol. The van der Waals surface area contributed by atoms with Gasteiger partial charge in [0.25, 0.3) is 5.91 Å². The minimum absolute atomic E-state index is 0.0680. The molecule has 1 saturated carbocycles. The van der Waals surface area contributed by atoms with Gasteiger partial charge in [0, 0.05) is 18.7 Å². The van der Waals surface area contributed by atoms with Crippen LogP contribution >= 0.6 is 0 Å². The summed E-state index contributed by atoms with van der Waals surface area (Å²) in [4.78, 5) is 27.2. The first-order valence-corrected chi connectivity index (χ1v) is 11.1. The molecule has 2 aliphatic rings. The number of piperidine rings is 1. The molecule has 0 bridgehead atoms. The van der Waals surface area contributed by atoms with E-state index in [0.717, 1.165) is 48.8 Å². The summed E-state index contributed by atoms with van der Waals surface area (Å²) in [6, 6.07) is 11.5. The van der Waals surface area contributed by atoms with Gasteiger partial charge in [-0.25, -0.2) is 4.79 Å². The van der Waals surface area contributed by atoms with Gasteiger partial charge in [-0.15, -0.1) is 0 Å². The molecule has 160 valence electrons. The molecule has 1 heterocycles. The van der Waals surface area contributed by atoms with E-state index in [2.05, 4.69) is 6.07 Å². The summed E-state index contributed by atoms with van der Waals surface area (Å²) in [7, 11) is 0. The van der Waals surface area contributed by atoms with E-state index in [9.17, 15) is 14.7 Å². The van der Waals surface area contributed by atoms with Crippen molar-refractivity contribution in [2.45, 2.75) is 57.8 Å². The first-order chi connectivity index (χ1) is 14.9. The van der Waals surface area contributed by atoms with Crippen molar-refractivity contribution in [2.75, 3.05) is 13.1 Å². The molecule has 2 aromatic rings. The molecule has 2 fully saturated rings. The summed E-state index contributed by atoms with van der Waals surface area (Å²) in [5.41, 5.74) is 5.47. The lowest BCUT2D eigenvalue weighted by Gasteiger charge is -2.34. The third-order valence-electron chi connectivity index (χ3n) is 7.22. The number of carboxylic acid groups (broad SMARTS) is 1. The lowest BCUT2D eigenvalue weighted by Crippen LogP contribution is -2.38. The molecule has 0 aromatic heterocycles. The number of benzene rings is 2. The zero-order valence-electron chi connectivity index (χ0n) is 18.1. The molecule has 5 nitrogen and oxygen atoms in total. The minimum atomic E-state index is -0.946. The first kappa shape index (κ1) is 21.1. The van der Waals surface area contributed by atoms with Gasteiger partial charge in [-0.1, -0.05) is 18.6 Å². The van der Waals surface area contributed by atoms with E-state index >= 15 is 0 Å². The quantitative estimate of drug-likeness (QED) is 0.746. The van der Waals surface area contributed by atoms with Gasteiger partial charge in [0.15, 0.2) is 0 Å². The topological polar surface area (TPSA) is 81.4 Å². The smallest absolute Gasteiger partial charge is 0.336 e. The van der Waals surface area contributed by atoms with Gasteiger partial charge in [0.2, 0.25) is 0 Å². The molecule has 1 aliphatic carbocycles. The monoisotopic (exact) mass is 416 g/mol. The van der Waals surface area contributed by atoms with Gasteiger partial charge >= 0.3 is 5.97 Å². The molecule has 0 radical (unpaired) electrons. The Morgan fingerprint density at radius 1 is 0.968 bits per heavy atom. The molecule has 31 heavy (non-hydrogen) atoms. The number of likely N-dealkylation sites (tertiary alicyclic amines) is 1. The van der Waals surface area contributed by atoms with E-state index in [1.807, 2.05) is 43.0 Å². The molecular formula is C26H28N2O3. The summed E-state index contributed by atoms with van der Waals surface area (Å²) in [6.07, 6.45) is 4.91. The average Bonchev–Trinajstić information content (AvgIpc) is 2.75. The van der Waals surface area contributed by atoms with Crippen LogP contribution < -0.4 is 0 Å². The molecule has 2 aromatic carbocycles.